The van der Waals surface area contributed by atoms with E-state index < -0.39 is 11.7 Å². The van der Waals surface area contributed by atoms with Gasteiger partial charge in [0.25, 0.3) is 5.91 Å². The normalized spacial score (nSPS) is 10.2. The molecule has 0 saturated heterocycles. The Labute approximate surface area is 122 Å². The maximum Gasteiger partial charge on any atom is 0.274 e. The molecule has 0 aliphatic carbocycles. The van der Waals surface area contributed by atoms with Crippen LogP contribution >= 0.6 is 0 Å². The van der Waals surface area contributed by atoms with Gasteiger partial charge < -0.3 is 10.6 Å². The minimum Gasteiger partial charge on any atom is -0.354 e. The lowest BCUT2D eigenvalue weighted by molar-refractivity contribution is 0.102. The van der Waals surface area contributed by atoms with E-state index in [0.29, 0.717) is 11.6 Å². The number of halogens is 1. The first-order chi connectivity index (χ1) is 10.1. The van der Waals surface area contributed by atoms with E-state index in [1.54, 1.807) is 25.1 Å². The predicted octanol–water partition coefficient (Wildman–Crippen LogP) is 3.00. The summed E-state index contributed by atoms with van der Waals surface area (Å²) in [5.41, 5.74) is 0.994. The largest absolute Gasteiger partial charge is 0.354 e. The number of hydrogen-bond donors (Lipinski definition) is 2. The number of carbonyl (C=O) groups excluding carboxylic acids is 1. The molecule has 6 heteroatoms. The Balaban J connectivity index is 2.19. The second kappa shape index (κ2) is 6.78. The van der Waals surface area contributed by atoms with Crippen LogP contribution in [0.25, 0.3) is 0 Å². The van der Waals surface area contributed by atoms with Gasteiger partial charge in [-0.25, -0.2) is 14.4 Å². The van der Waals surface area contributed by atoms with E-state index in [4.69, 9.17) is 0 Å². The molecule has 21 heavy (non-hydrogen) atoms. The van der Waals surface area contributed by atoms with E-state index in [1.807, 2.05) is 6.92 Å². The number of hydrogen-bond acceptors (Lipinski definition) is 4. The molecule has 1 amide bonds. The van der Waals surface area contributed by atoms with Crippen molar-refractivity contribution in [3.8, 4) is 0 Å². The van der Waals surface area contributed by atoms with Crippen LogP contribution in [0.5, 0.6) is 0 Å². The maximum atomic E-state index is 13.5. The Morgan fingerprint density at radius 1 is 1.29 bits per heavy atom. The molecule has 110 valence electrons. The molecule has 0 unspecified atom stereocenters. The molecule has 1 heterocycles. The van der Waals surface area contributed by atoms with Crippen molar-refractivity contribution in [2.24, 2.45) is 0 Å². The third-order valence-corrected chi connectivity index (χ3v) is 2.74. The number of anilines is 2. The Morgan fingerprint density at radius 3 is 2.76 bits per heavy atom. The highest BCUT2D eigenvalue weighted by atomic mass is 19.1. The Morgan fingerprint density at radius 2 is 2.05 bits per heavy atom. The fourth-order valence-electron chi connectivity index (χ4n) is 1.75. The van der Waals surface area contributed by atoms with Crippen molar-refractivity contribution in [1.29, 1.82) is 0 Å². The lowest BCUT2D eigenvalue weighted by Gasteiger charge is -2.08. The molecule has 0 atom stereocenters. The minimum absolute atomic E-state index is 0.127. The van der Waals surface area contributed by atoms with Crippen molar-refractivity contribution in [3.05, 3.63) is 47.5 Å². The van der Waals surface area contributed by atoms with Crippen LogP contribution in [0.4, 0.5) is 16.0 Å². The van der Waals surface area contributed by atoms with E-state index >= 15 is 0 Å². The second-order valence-corrected chi connectivity index (χ2v) is 4.58. The molecule has 0 aliphatic rings. The number of para-hydroxylation sites is 1. The molecular weight excluding hydrogens is 271 g/mol. The molecular formula is C15H17FN4O. The number of nitrogens with one attached hydrogen (secondary N) is 2. The topological polar surface area (TPSA) is 66.9 Å². The summed E-state index contributed by atoms with van der Waals surface area (Å²) < 4.78 is 13.5. The molecule has 2 aromatic rings. The summed E-state index contributed by atoms with van der Waals surface area (Å²) in [7, 11) is 0. The maximum absolute atomic E-state index is 13.5. The van der Waals surface area contributed by atoms with E-state index in [1.165, 1.54) is 12.1 Å². The lowest BCUT2D eigenvalue weighted by Crippen LogP contribution is -2.17. The van der Waals surface area contributed by atoms with Gasteiger partial charge in [-0.05, 0) is 31.5 Å². The number of benzene rings is 1. The number of nitrogens with zero attached hydrogens (tertiary/aromatic N) is 2. The van der Waals surface area contributed by atoms with Gasteiger partial charge in [-0.3, -0.25) is 4.79 Å². The minimum atomic E-state index is -0.485. The van der Waals surface area contributed by atoms with Gasteiger partial charge in [0.05, 0.1) is 5.69 Å². The SMILES string of the molecule is CCCNc1nc(C)cc(C(=O)Nc2ccccc2F)n1. The Kier molecular flexibility index (Phi) is 4.81. The van der Waals surface area contributed by atoms with Crippen LogP contribution in [0.2, 0.25) is 0 Å². The van der Waals surface area contributed by atoms with Crippen LogP contribution in [-0.4, -0.2) is 22.4 Å². The first kappa shape index (κ1) is 14.9. The highest BCUT2D eigenvalue weighted by Gasteiger charge is 2.12. The van der Waals surface area contributed by atoms with Crippen LogP contribution < -0.4 is 10.6 Å². The predicted molar refractivity (Wildman–Crippen MR) is 79.9 cm³/mol. The lowest BCUT2D eigenvalue weighted by atomic mass is 10.2. The van der Waals surface area contributed by atoms with Crippen molar-refractivity contribution in [3.63, 3.8) is 0 Å². The quantitative estimate of drug-likeness (QED) is 0.887. The summed E-state index contributed by atoms with van der Waals surface area (Å²) >= 11 is 0. The van der Waals surface area contributed by atoms with E-state index in [2.05, 4.69) is 20.6 Å². The summed E-state index contributed by atoms with van der Waals surface area (Å²) in [6.07, 6.45) is 0.925. The summed E-state index contributed by atoms with van der Waals surface area (Å²) in [5.74, 6) is -0.554. The molecule has 0 radical (unpaired) electrons. The van der Waals surface area contributed by atoms with Gasteiger partial charge in [-0.1, -0.05) is 19.1 Å². The molecule has 0 saturated carbocycles. The number of rotatable bonds is 5. The smallest absolute Gasteiger partial charge is 0.274 e. The van der Waals surface area contributed by atoms with E-state index in [0.717, 1.165) is 13.0 Å². The van der Waals surface area contributed by atoms with Crippen LogP contribution in [-0.2, 0) is 0 Å². The van der Waals surface area contributed by atoms with Crippen LogP contribution in [0, 0.1) is 12.7 Å². The van der Waals surface area contributed by atoms with Gasteiger partial charge in [-0.2, -0.15) is 0 Å². The van der Waals surface area contributed by atoms with Gasteiger partial charge in [0.1, 0.15) is 11.5 Å². The average molecular weight is 288 g/mol. The number of carbonyl (C=O) groups is 1. The third-order valence-electron chi connectivity index (χ3n) is 2.74. The van der Waals surface area contributed by atoms with Gasteiger partial charge in [0.2, 0.25) is 5.95 Å². The van der Waals surface area contributed by atoms with Crippen molar-refractivity contribution in [2.45, 2.75) is 20.3 Å². The fourth-order valence-corrected chi connectivity index (χ4v) is 1.75. The standard InChI is InChI=1S/C15H17FN4O/c1-3-8-17-15-18-10(2)9-13(20-15)14(21)19-12-7-5-4-6-11(12)16/h4-7,9H,3,8H2,1-2H3,(H,19,21)(H,17,18,20). The molecule has 1 aromatic heterocycles. The zero-order valence-corrected chi connectivity index (χ0v) is 12.0. The molecule has 2 N–H and O–H groups in total. The second-order valence-electron chi connectivity index (χ2n) is 4.58. The zero-order chi connectivity index (χ0) is 15.2. The van der Waals surface area contributed by atoms with Crippen molar-refractivity contribution >= 4 is 17.5 Å². The van der Waals surface area contributed by atoms with Gasteiger partial charge in [-0.15, -0.1) is 0 Å². The monoisotopic (exact) mass is 288 g/mol. The first-order valence-electron chi connectivity index (χ1n) is 6.75. The molecule has 0 bridgehead atoms. The summed E-state index contributed by atoms with van der Waals surface area (Å²) in [4.78, 5) is 20.5. The molecule has 2 rings (SSSR count). The van der Waals surface area contributed by atoms with Crippen LogP contribution in [0.15, 0.2) is 30.3 Å². The Hall–Kier alpha value is -2.50. The van der Waals surface area contributed by atoms with Crippen LogP contribution in [0.3, 0.4) is 0 Å². The molecule has 0 aliphatic heterocycles. The summed E-state index contributed by atoms with van der Waals surface area (Å²) in [6.45, 7) is 4.52. The van der Waals surface area contributed by atoms with Gasteiger partial charge in [0.15, 0.2) is 0 Å². The fraction of sp³-hybridized carbons (Fsp3) is 0.267. The van der Waals surface area contributed by atoms with Gasteiger partial charge in [0, 0.05) is 12.2 Å². The number of amides is 1. The summed E-state index contributed by atoms with van der Waals surface area (Å²) in [6, 6.07) is 7.56. The molecule has 0 fully saturated rings. The average Bonchev–Trinajstić information content (AvgIpc) is 2.47. The summed E-state index contributed by atoms with van der Waals surface area (Å²) in [5, 5.41) is 5.53. The van der Waals surface area contributed by atoms with Crippen molar-refractivity contribution < 1.29 is 9.18 Å². The van der Waals surface area contributed by atoms with Crippen molar-refractivity contribution in [1.82, 2.24) is 9.97 Å². The van der Waals surface area contributed by atoms with E-state index in [9.17, 15) is 9.18 Å². The molecule has 0 spiro atoms. The van der Waals surface area contributed by atoms with Crippen LogP contribution in [0.1, 0.15) is 29.5 Å². The van der Waals surface area contributed by atoms with E-state index in [-0.39, 0.29) is 11.4 Å². The number of aryl methyl sites for hydroxylation is 1. The number of aromatic nitrogens is 2. The first-order valence-corrected chi connectivity index (χ1v) is 6.75. The van der Waals surface area contributed by atoms with Gasteiger partial charge >= 0.3 is 0 Å². The Bertz CT molecular complexity index is 645. The highest BCUT2D eigenvalue weighted by Crippen LogP contribution is 2.14. The highest BCUT2D eigenvalue weighted by molar-refractivity contribution is 6.03. The zero-order valence-electron chi connectivity index (χ0n) is 12.0. The molecule has 1 aromatic carbocycles. The third kappa shape index (κ3) is 3.98. The van der Waals surface area contributed by atoms with Crippen molar-refractivity contribution in [2.75, 3.05) is 17.2 Å². The molecule has 5 nitrogen and oxygen atoms in total.